The zero-order valence-electron chi connectivity index (χ0n) is 12.2. The van der Waals surface area contributed by atoms with E-state index in [-0.39, 0.29) is 0 Å². The molecule has 3 aromatic heterocycles. The molecular weight excluding hydrogens is 286 g/mol. The quantitative estimate of drug-likeness (QED) is 0.445. The molecule has 0 saturated heterocycles. The van der Waals surface area contributed by atoms with Gasteiger partial charge in [-0.15, -0.1) is 0 Å². The van der Waals surface area contributed by atoms with Crippen molar-refractivity contribution in [3.63, 3.8) is 0 Å². The maximum absolute atomic E-state index is 5.51. The first-order chi connectivity index (χ1) is 11.4. The van der Waals surface area contributed by atoms with Crippen LogP contribution in [0, 0.1) is 0 Å². The van der Waals surface area contributed by atoms with Crippen molar-refractivity contribution in [2.45, 2.75) is 0 Å². The van der Waals surface area contributed by atoms with Crippen molar-refractivity contribution in [2.24, 2.45) is 0 Å². The highest BCUT2D eigenvalue weighted by molar-refractivity contribution is 6.09. The second-order valence-electron chi connectivity index (χ2n) is 5.60. The number of hydrogen-bond donors (Lipinski definition) is 1. The lowest BCUT2D eigenvalue weighted by Crippen LogP contribution is -1.75. The number of H-pyrrole nitrogens is 1. The van der Waals surface area contributed by atoms with E-state index < -0.39 is 0 Å². The molecule has 23 heavy (non-hydrogen) atoms. The molecule has 0 radical (unpaired) electrons. The number of benzene rings is 2. The summed E-state index contributed by atoms with van der Waals surface area (Å²) in [5, 5.41) is 2.37. The minimum atomic E-state index is 0.878. The number of fused-ring (bicyclic) bond motifs is 3. The van der Waals surface area contributed by atoms with Gasteiger partial charge in [-0.2, -0.15) is 0 Å². The summed E-state index contributed by atoms with van der Waals surface area (Å²) in [5.41, 5.74) is 4.39. The average molecular weight is 299 g/mol. The molecule has 0 aliphatic heterocycles. The van der Waals surface area contributed by atoms with Gasteiger partial charge in [0, 0.05) is 32.9 Å². The first kappa shape index (κ1) is 12.4. The van der Waals surface area contributed by atoms with E-state index in [1.54, 1.807) is 12.5 Å². The molecule has 0 aliphatic carbocycles. The van der Waals surface area contributed by atoms with Crippen LogP contribution in [0.5, 0.6) is 0 Å². The predicted octanol–water partition coefficient (Wildman–Crippen LogP) is 5.84. The molecule has 0 spiro atoms. The van der Waals surface area contributed by atoms with E-state index >= 15 is 0 Å². The van der Waals surface area contributed by atoms with Crippen LogP contribution in [0.3, 0.4) is 0 Å². The fraction of sp³-hybridized carbons (Fsp3) is 0. The minimum Gasteiger partial charge on any atom is -0.464 e. The third-order valence-electron chi connectivity index (χ3n) is 4.21. The lowest BCUT2D eigenvalue weighted by atomic mass is 10.1. The van der Waals surface area contributed by atoms with E-state index in [1.165, 1.54) is 10.8 Å². The number of nitrogens with one attached hydrogen (secondary N) is 1. The molecule has 5 rings (SSSR count). The van der Waals surface area contributed by atoms with E-state index in [0.717, 1.165) is 33.7 Å². The van der Waals surface area contributed by atoms with Gasteiger partial charge in [-0.3, -0.25) is 0 Å². The Hall–Kier alpha value is -3.20. The molecule has 1 N–H and O–H groups in total. The average Bonchev–Trinajstić information content (AvgIpc) is 3.33. The van der Waals surface area contributed by atoms with Crippen molar-refractivity contribution in [2.75, 3.05) is 0 Å². The first-order valence-electron chi connectivity index (χ1n) is 7.52. The fourth-order valence-corrected chi connectivity index (χ4v) is 3.09. The van der Waals surface area contributed by atoms with Crippen LogP contribution in [0.25, 0.3) is 44.5 Å². The summed E-state index contributed by atoms with van der Waals surface area (Å²) >= 11 is 0. The minimum absolute atomic E-state index is 0.878. The van der Waals surface area contributed by atoms with Crippen LogP contribution >= 0.6 is 0 Å². The summed E-state index contributed by atoms with van der Waals surface area (Å²) in [4.78, 5) is 3.46. The normalized spacial score (nSPS) is 11.5. The van der Waals surface area contributed by atoms with Crippen LogP contribution in [0.15, 0.2) is 82.0 Å². The van der Waals surface area contributed by atoms with Gasteiger partial charge in [0.1, 0.15) is 11.5 Å². The van der Waals surface area contributed by atoms with Crippen molar-refractivity contribution in [1.82, 2.24) is 4.98 Å². The molecule has 3 heteroatoms. The standard InChI is InChI=1S/C20H13NO2/c1-3-19(22-9-1)13-5-7-17-15(11-13)16-12-14(6-8-18(16)21-17)20-4-2-10-23-20/h1-12,21H. The summed E-state index contributed by atoms with van der Waals surface area (Å²) in [6, 6.07) is 20.4. The molecule has 0 atom stereocenters. The largest absolute Gasteiger partial charge is 0.464 e. The highest BCUT2D eigenvalue weighted by Crippen LogP contribution is 2.33. The van der Waals surface area contributed by atoms with Crippen LogP contribution in [-0.2, 0) is 0 Å². The lowest BCUT2D eigenvalue weighted by molar-refractivity contribution is 0.582. The lowest BCUT2D eigenvalue weighted by Gasteiger charge is -1.99. The van der Waals surface area contributed by atoms with Gasteiger partial charge in [0.25, 0.3) is 0 Å². The molecule has 5 aromatic rings. The Morgan fingerprint density at radius 3 is 1.57 bits per heavy atom. The summed E-state index contributed by atoms with van der Waals surface area (Å²) in [6.07, 6.45) is 3.40. The molecule has 0 unspecified atom stereocenters. The molecule has 0 aliphatic rings. The van der Waals surface area contributed by atoms with Crippen molar-refractivity contribution in [1.29, 1.82) is 0 Å². The van der Waals surface area contributed by atoms with Gasteiger partial charge < -0.3 is 13.8 Å². The van der Waals surface area contributed by atoms with Gasteiger partial charge in [0.05, 0.1) is 12.5 Å². The van der Waals surface area contributed by atoms with Crippen LogP contribution in [-0.4, -0.2) is 4.98 Å². The van der Waals surface area contributed by atoms with Gasteiger partial charge in [0.2, 0.25) is 0 Å². The van der Waals surface area contributed by atoms with Crippen LogP contribution in [0.2, 0.25) is 0 Å². The Kier molecular flexibility index (Phi) is 2.50. The SMILES string of the molecule is c1coc(-c2ccc3[nH]c4ccc(-c5ccco5)cc4c3c2)c1. The molecule has 3 nitrogen and oxygen atoms in total. The van der Waals surface area contributed by atoms with E-state index in [0.29, 0.717) is 0 Å². The Morgan fingerprint density at radius 1 is 0.609 bits per heavy atom. The Bertz CT molecular complexity index is 1010. The van der Waals surface area contributed by atoms with Gasteiger partial charge in [0.15, 0.2) is 0 Å². The number of furan rings is 2. The number of aromatic nitrogens is 1. The Morgan fingerprint density at radius 2 is 1.13 bits per heavy atom. The Balaban J connectivity index is 1.77. The van der Waals surface area contributed by atoms with Crippen LogP contribution in [0.1, 0.15) is 0 Å². The molecule has 0 saturated carbocycles. The summed E-state index contributed by atoms with van der Waals surface area (Å²) in [6.45, 7) is 0. The van der Waals surface area contributed by atoms with Crippen LogP contribution < -0.4 is 0 Å². The number of hydrogen-bond acceptors (Lipinski definition) is 2. The van der Waals surface area contributed by atoms with E-state index in [9.17, 15) is 0 Å². The topological polar surface area (TPSA) is 42.1 Å². The molecule has 0 bridgehead atoms. The van der Waals surface area contributed by atoms with Gasteiger partial charge in [-0.05, 0) is 60.7 Å². The van der Waals surface area contributed by atoms with Gasteiger partial charge in [-0.1, -0.05) is 0 Å². The molecule has 110 valence electrons. The molecule has 3 heterocycles. The van der Waals surface area contributed by atoms with Crippen molar-refractivity contribution < 1.29 is 8.83 Å². The molecule has 0 fully saturated rings. The third kappa shape index (κ3) is 1.90. The second kappa shape index (κ2) is 4.65. The summed E-state index contributed by atoms with van der Waals surface area (Å²) < 4.78 is 11.0. The van der Waals surface area contributed by atoms with Gasteiger partial charge >= 0.3 is 0 Å². The number of rotatable bonds is 2. The third-order valence-corrected chi connectivity index (χ3v) is 4.21. The number of aromatic amines is 1. The van der Waals surface area contributed by atoms with E-state index in [2.05, 4.69) is 41.4 Å². The summed E-state index contributed by atoms with van der Waals surface area (Å²) in [7, 11) is 0. The molecule has 2 aromatic carbocycles. The smallest absolute Gasteiger partial charge is 0.133 e. The zero-order chi connectivity index (χ0) is 15.2. The van der Waals surface area contributed by atoms with Crippen LogP contribution in [0.4, 0.5) is 0 Å². The second-order valence-corrected chi connectivity index (χ2v) is 5.60. The first-order valence-corrected chi connectivity index (χ1v) is 7.52. The van der Waals surface area contributed by atoms with E-state index in [1.807, 2.05) is 24.3 Å². The highest BCUT2D eigenvalue weighted by Gasteiger charge is 2.09. The van der Waals surface area contributed by atoms with Crippen molar-refractivity contribution in [3.05, 3.63) is 73.2 Å². The predicted molar refractivity (Wildman–Crippen MR) is 91.2 cm³/mol. The fourth-order valence-electron chi connectivity index (χ4n) is 3.09. The molecule has 0 amide bonds. The van der Waals surface area contributed by atoms with E-state index in [4.69, 9.17) is 8.83 Å². The monoisotopic (exact) mass is 299 g/mol. The Labute approximate surface area is 132 Å². The van der Waals surface area contributed by atoms with Gasteiger partial charge in [-0.25, -0.2) is 0 Å². The maximum Gasteiger partial charge on any atom is 0.133 e. The van der Waals surface area contributed by atoms with Crippen molar-refractivity contribution in [3.8, 4) is 22.6 Å². The van der Waals surface area contributed by atoms with Crippen molar-refractivity contribution >= 4 is 21.8 Å². The highest BCUT2D eigenvalue weighted by atomic mass is 16.3. The summed E-state index contributed by atoms with van der Waals surface area (Å²) in [5.74, 6) is 1.76. The zero-order valence-corrected chi connectivity index (χ0v) is 12.2. The molecular formula is C20H13NO2. The maximum atomic E-state index is 5.51.